The van der Waals surface area contributed by atoms with Gasteiger partial charge in [-0.25, -0.2) is 0 Å². The maximum absolute atomic E-state index is 5.78. The molecule has 1 atom stereocenters. The Bertz CT molecular complexity index is 137. The summed E-state index contributed by atoms with van der Waals surface area (Å²) in [7, 11) is 3.69. The van der Waals surface area contributed by atoms with Crippen LogP contribution in [0.15, 0.2) is 0 Å². The Balaban J connectivity index is 3.54. The fourth-order valence-electron chi connectivity index (χ4n) is 1.12. The average Bonchev–Trinajstić information content (AvgIpc) is 2.14. The fraction of sp³-hybridized carbons (Fsp3) is 1.00. The van der Waals surface area contributed by atoms with Crippen LogP contribution in [0.2, 0.25) is 0 Å². The Labute approximate surface area is 88.2 Å². The lowest BCUT2D eigenvalue weighted by atomic mass is 10.1. The van der Waals surface area contributed by atoms with Gasteiger partial charge in [0.25, 0.3) is 0 Å². The zero-order valence-corrected chi connectivity index (χ0v) is 10.2. The van der Waals surface area contributed by atoms with Crippen LogP contribution in [-0.2, 0) is 9.47 Å². The molecule has 0 fully saturated rings. The van der Waals surface area contributed by atoms with E-state index in [1.165, 1.54) is 0 Å². The Morgan fingerprint density at radius 1 is 1.36 bits per heavy atom. The van der Waals surface area contributed by atoms with Crippen LogP contribution in [0, 0.1) is 0 Å². The molecule has 86 valence electrons. The second-order valence-corrected chi connectivity index (χ2v) is 4.30. The van der Waals surface area contributed by atoms with E-state index in [9.17, 15) is 0 Å². The van der Waals surface area contributed by atoms with Gasteiger partial charge in [-0.15, -0.1) is 0 Å². The lowest BCUT2D eigenvalue weighted by Gasteiger charge is -2.25. The van der Waals surface area contributed by atoms with Crippen LogP contribution in [0.5, 0.6) is 0 Å². The van der Waals surface area contributed by atoms with Crippen LogP contribution < -0.4 is 5.32 Å². The maximum atomic E-state index is 5.78. The van der Waals surface area contributed by atoms with Crippen molar-refractivity contribution in [3.63, 3.8) is 0 Å². The van der Waals surface area contributed by atoms with Gasteiger partial charge < -0.3 is 14.8 Å². The number of methoxy groups -OCH3 is 1. The molecule has 0 aliphatic carbocycles. The van der Waals surface area contributed by atoms with E-state index in [-0.39, 0.29) is 11.7 Å². The molecule has 0 bridgehead atoms. The Hall–Kier alpha value is -0.120. The average molecular weight is 203 g/mol. The summed E-state index contributed by atoms with van der Waals surface area (Å²) in [6.45, 7) is 8.08. The summed E-state index contributed by atoms with van der Waals surface area (Å²) in [5, 5.41) is 3.13. The molecular formula is C11H25NO2. The van der Waals surface area contributed by atoms with E-state index >= 15 is 0 Å². The smallest absolute Gasteiger partial charge is 0.0638 e. The van der Waals surface area contributed by atoms with Gasteiger partial charge in [0, 0.05) is 13.7 Å². The molecule has 3 nitrogen and oxygen atoms in total. The number of rotatable bonds is 8. The van der Waals surface area contributed by atoms with Crippen LogP contribution in [-0.4, -0.2) is 39.0 Å². The zero-order chi connectivity index (χ0) is 11.0. The summed E-state index contributed by atoms with van der Waals surface area (Å²) in [5.74, 6) is 0. The third kappa shape index (κ3) is 7.30. The van der Waals surface area contributed by atoms with Crippen molar-refractivity contribution in [1.29, 1.82) is 0 Å². The first-order valence-corrected chi connectivity index (χ1v) is 5.33. The normalized spacial score (nSPS) is 14.4. The Morgan fingerprint density at radius 3 is 2.50 bits per heavy atom. The van der Waals surface area contributed by atoms with E-state index in [0.717, 1.165) is 26.0 Å². The van der Waals surface area contributed by atoms with Gasteiger partial charge in [0.05, 0.1) is 11.7 Å². The van der Waals surface area contributed by atoms with Crippen molar-refractivity contribution >= 4 is 0 Å². The highest BCUT2D eigenvalue weighted by atomic mass is 16.5. The van der Waals surface area contributed by atoms with Gasteiger partial charge in [-0.05, 0) is 47.2 Å². The molecule has 1 unspecified atom stereocenters. The highest BCUT2D eigenvalue weighted by Gasteiger charge is 2.17. The summed E-state index contributed by atoms with van der Waals surface area (Å²) in [5.41, 5.74) is -0.0313. The first-order valence-electron chi connectivity index (χ1n) is 5.33. The molecular weight excluding hydrogens is 178 g/mol. The molecule has 0 aromatic heterocycles. The number of nitrogens with one attached hydrogen (secondary N) is 1. The fourth-order valence-corrected chi connectivity index (χ4v) is 1.12. The van der Waals surface area contributed by atoms with E-state index in [1.807, 2.05) is 7.05 Å². The molecule has 0 aromatic carbocycles. The number of ether oxygens (including phenoxy) is 2. The Morgan fingerprint density at radius 2 is 2.00 bits per heavy atom. The predicted molar refractivity (Wildman–Crippen MR) is 59.7 cm³/mol. The van der Waals surface area contributed by atoms with E-state index in [4.69, 9.17) is 9.47 Å². The van der Waals surface area contributed by atoms with Crippen molar-refractivity contribution in [3.05, 3.63) is 0 Å². The van der Waals surface area contributed by atoms with Crippen LogP contribution >= 0.6 is 0 Å². The monoisotopic (exact) mass is 203 g/mol. The minimum absolute atomic E-state index is 0.0313. The molecule has 1 N–H and O–H groups in total. The summed E-state index contributed by atoms with van der Waals surface area (Å²) in [6, 6.07) is 0. The van der Waals surface area contributed by atoms with Gasteiger partial charge in [-0.2, -0.15) is 0 Å². The Kier molecular flexibility index (Phi) is 7.15. The zero-order valence-electron chi connectivity index (χ0n) is 10.2. The van der Waals surface area contributed by atoms with Crippen molar-refractivity contribution in [1.82, 2.24) is 5.32 Å². The van der Waals surface area contributed by atoms with Gasteiger partial charge in [-0.1, -0.05) is 0 Å². The van der Waals surface area contributed by atoms with Crippen molar-refractivity contribution in [2.75, 3.05) is 27.3 Å². The lowest BCUT2D eigenvalue weighted by molar-refractivity contribution is -0.0379. The molecule has 0 radical (unpaired) electrons. The molecule has 0 aromatic rings. The molecule has 0 aliphatic heterocycles. The van der Waals surface area contributed by atoms with Crippen molar-refractivity contribution in [2.24, 2.45) is 0 Å². The third-order valence-corrected chi connectivity index (χ3v) is 2.40. The van der Waals surface area contributed by atoms with Gasteiger partial charge in [0.2, 0.25) is 0 Å². The number of hydrogen-bond donors (Lipinski definition) is 1. The van der Waals surface area contributed by atoms with E-state index in [2.05, 4.69) is 26.1 Å². The SMILES string of the molecule is CNCCC(C)(C)OCCC(C)OC. The van der Waals surface area contributed by atoms with Crippen molar-refractivity contribution in [2.45, 2.75) is 45.3 Å². The molecule has 0 saturated carbocycles. The van der Waals surface area contributed by atoms with Gasteiger partial charge in [0.1, 0.15) is 0 Å². The van der Waals surface area contributed by atoms with Crippen molar-refractivity contribution in [3.8, 4) is 0 Å². The van der Waals surface area contributed by atoms with Crippen molar-refractivity contribution < 1.29 is 9.47 Å². The largest absolute Gasteiger partial charge is 0.382 e. The molecule has 0 spiro atoms. The van der Waals surface area contributed by atoms with E-state index < -0.39 is 0 Å². The quantitative estimate of drug-likeness (QED) is 0.652. The predicted octanol–water partition coefficient (Wildman–Crippen LogP) is 1.82. The van der Waals surface area contributed by atoms with Gasteiger partial charge in [0.15, 0.2) is 0 Å². The maximum Gasteiger partial charge on any atom is 0.0638 e. The van der Waals surface area contributed by atoms with Crippen LogP contribution in [0.1, 0.15) is 33.6 Å². The summed E-state index contributed by atoms with van der Waals surface area (Å²) < 4.78 is 10.9. The molecule has 0 aliphatic rings. The number of hydrogen-bond acceptors (Lipinski definition) is 3. The minimum Gasteiger partial charge on any atom is -0.382 e. The summed E-state index contributed by atoms with van der Waals surface area (Å²) in [6.07, 6.45) is 2.28. The van der Waals surface area contributed by atoms with Crippen LogP contribution in [0.25, 0.3) is 0 Å². The second-order valence-electron chi connectivity index (χ2n) is 4.30. The summed E-state index contributed by atoms with van der Waals surface area (Å²) in [4.78, 5) is 0. The van der Waals surface area contributed by atoms with Gasteiger partial charge in [-0.3, -0.25) is 0 Å². The molecule has 0 heterocycles. The molecule has 0 saturated heterocycles. The minimum atomic E-state index is -0.0313. The second kappa shape index (κ2) is 7.21. The van der Waals surface area contributed by atoms with E-state index in [1.54, 1.807) is 7.11 Å². The van der Waals surface area contributed by atoms with Gasteiger partial charge >= 0.3 is 0 Å². The topological polar surface area (TPSA) is 30.5 Å². The van der Waals surface area contributed by atoms with Crippen LogP contribution in [0.3, 0.4) is 0 Å². The highest BCUT2D eigenvalue weighted by Crippen LogP contribution is 2.14. The molecule has 0 amide bonds. The molecule has 14 heavy (non-hydrogen) atoms. The lowest BCUT2D eigenvalue weighted by Crippen LogP contribution is -2.30. The van der Waals surface area contributed by atoms with Crippen LogP contribution in [0.4, 0.5) is 0 Å². The highest BCUT2D eigenvalue weighted by molar-refractivity contribution is 4.69. The first kappa shape index (κ1) is 13.9. The standard InChI is InChI=1S/C11H25NO2/c1-10(13-5)6-9-14-11(2,3)7-8-12-4/h10,12H,6-9H2,1-5H3. The third-order valence-electron chi connectivity index (χ3n) is 2.40. The van der Waals surface area contributed by atoms with E-state index in [0.29, 0.717) is 0 Å². The molecule has 0 rings (SSSR count). The summed E-state index contributed by atoms with van der Waals surface area (Å²) >= 11 is 0. The first-order chi connectivity index (χ1) is 6.52. The molecule has 3 heteroatoms.